The van der Waals surface area contributed by atoms with E-state index in [0.717, 1.165) is 11.6 Å². The van der Waals surface area contributed by atoms with Crippen molar-refractivity contribution in [3.8, 4) is 0 Å². The Morgan fingerprint density at radius 3 is 2.43 bits per heavy atom. The molecule has 2 rings (SSSR count). The minimum absolute atomic E-state index is 0.0556. The summed E-state index contributed by atoms with van der Waals surface area (Å²) in [7, 11) is 0. The average molecular weight is 204 g/mol. The molecule has 0 N–H and O–H groups in total. The molecule has 0 aromatic heterocycles. The molecule has 0 fully saturated rings. The fraction of sp³-hybridized carbons (Fsp3) is 0.400. The molecule has 0 unspecified atom stereocenters. The quantitative estimate of drug-likeness (QED) is 0.569. The topological polar surface area (TPSA) is 0 Å². The number of halogens is 4. The zero-order valence-electron chi connectivity index (χ0n) is 7.45. The van der Waals surface area contributed by atoms with Crippen LogP contribution in [0.25, 0.3) is 0 Å². The van der Waals surface area contributed by atoms with Crippen LogP contribution in [-0.2, 0) is 12.3 Å². The van der Waals surface area contributed by atoms with Crippen LogP contribution in [0.2, 0.25) is 0 Å². The summed E-state index contributed by atoms with van der Waals surface area (Å²) in [5, 5.41) is 0. The van der Waals surface area contributed by atoms with E-state index in [2.05, 4.69) is 0 Å². The minimum Gasteiger partial charge on any atom is -0.199 e. The molecule has 0 saturated heterocycles. The third-order valence-corrected chi connectivity index (χ3v) is 2.47. The van der Waals surface area contributed by atoms with Gasteiger partial charge in [-0.2, -0.15) is 17.6 Å². The molecule has 0 atom stereocenters. The van der Waals surface area contributed by atoms with Gasteiger partial charge < -0.3 is 0 Å². The predicted molar refractivity (Wildman–Crippen MR) is 43.7 cm³/mol. The Hall–Kier alpha value is -1.06. The van der Waals surface area contributed by atoms with Crippen molar-refractivity contribution >= 4 is 0 Å². The van der Waals surface area contributed by atoms with Crippen LogP contribution in [-0.4, -0.2) is 5.92 Å². The second-order valence-electron chi connectivity index (χ2n) is 3.62. The van der Waals surface area contributed by atoms with E-state index in [0.29, 0.717) is 0 Å². The molecule has 0 nitrogen and oxygen atoms in total. The molecule has 1 aromatic carbocycles. The summed E-state index contributed by atoms with van der Waals surface area (Å²) in [5.41, 5.74) is 0.241. The van der Waals surface area contributed by atoms with Crippen molar-refractivity contribution in [1.29, 1.82) is 0 Å². The van der Waals surface area contributed by atoms with Crippen LogP contribution in [0.15, 0.2) is 18.2 Å². The standard InChI is InChI=1S/C10H8F4/c1-6-2-3-8-7(4-6)5-9(11,12)10(8,13)14/h2-4H,5H2,1H3. The molecule has 1 aliphatic carbocycles. The Balaban J connectivity index is 2.60. The van der Waals surface area contributed by atoms with E-state index in [1.165, 1.54) is 12.1 Å². The van der Waals surface area contributed by atoms with Gasteiger partial charge in [0.2, 0.25) is 0 Å². The van der Waals surface area contributed by atoms with E-state index >= 15 is 0 Å². The molecule has 0 aliphatic heterocycles. The van der Waals surface area contributed by atoms with E-state index < -0.39 is 23.8 Å². The fourth-order valence-electron chi connectivity index (χ4n) is 1.72. The molecule has 76 valence electrons. The maximum atomic E-state index is 13.1. The summed E-state index contributed by atoms with van der Waals surface area (Å²) in [5.74, 6) is -7.96. The zero-order valence-corrected chi connectivity index (χ0v) is 7.45. The smallest absolute Gasteiger partial charge is 0.199 e. The first-order valence-electron chi connectivity index (χ1n) is 4.20. The maximum Gasteiger partial charge on any atom is 0.335 e. The highest BCUT2D eigenvalue weighted by Gasteiger charge is 2.62. The third kappa shape index (κ3) is 1.06. The Labute approximate surface area is 78.5 Å². The van der Waals surface area contributed by atoms with Gasteiger partial charge >= 0.3 is 11.8 Å². The van der Waals surface area contributed by atoms with Crippen molar-refractivity contribution in [3.05, 3.63) is 34.9 Å². The third-order valence-electron chi connectivity index (χ3n) is 2.47. The van der Waals surface area contributed by atoms with Crippen molar-refractivity contribution < 1.29 is 17.6 Å². The van der Waals surface area contributed by atoms with Gasteiger partial charge in [0.25, 0.3) is 0 Å². The zero-order chi connectivity index (χ0) is 10.6. The summed E-state index contributed by atoms with van der Waals surface area (Å²) >= 11 is 0. The van der Waals surface area contributed by atoms with Crippen molar-refractivity contribution in [2.24, 2.45) is 0 Å². The van der Waals surface area contributed by atoms with E-state index in [9.17, 15) is 17.6 Å². The summed E-state index contributed by atoms with van der Waals surface area (Å²) in [6.45, 7) is 1.69. The minimum atomic E-state index is -4.02. The lowest BCUT2D eigenvalue weighted by Gasteiger charge is -2.18. The lowest BCUT2D eigenvalue weighted by Crippen LogP contribution is -2.33. The lowest BCUT2D eigenvalue weighted by molar-refractivity contribution is -0.202. The molecular formula is C10H8F4. The van der Waals surface area contributed by atoms with Gasteiger partial charge in [-0.15, -0.1) is 0 Å². The van der Waals surface area contributed by atoms with Crippen molar-refractivity contribution in [1.82, 2.24) is 0 Å². The van der Waals surface area contributed by atoms with Gasteiger partial charge in [-0.05, 0) is 12.5 Å². The Bertz CT molecular complexity index is 382. The van der Waals surface area contributed by atoms with Crippen LogP contribution in [0.4, 0.5) is 17.6 Å². The maximum absolute atomic E-state index is 13.1. The van der Waals surface area contributed by atoms with Crippen molar-refractivity contribution in [2.45, 2.75) is 25.2 Å². The summed E-state index contributed by atoms with van der Waals surface area (Å²) in [6, 6.07) is 3.91. The monoisotopic (exact) mass is 204 g/mol. The van der Waals surface area contributed by atoms with Gasteiger partial charge in [-0.3, -0.25) is 0 Å². The van der Waals surface area contributed by atoms with E-state index in [1.54, 1.807) is 6.92 Å². The Morgan fingerprint density at radius 1 is 1.14 bits per heavy atom. The number of fused-ring (bicyclic) bond motifs is 1. The number of alkyl halides is 4. The largest absolute Gasteiger partial charge is 0.335 e. The van der Waals surface area contributed by atoms with E-state index in [-0.39, 0.29) is 5.56 Å². The van der Waals surface area contributed by atoms with Gasteiger partial charge in [0.1, 0.15) is 0 Å². The van der Waals surface area contributed by atoms with E-state index in [1.807, 2.05) is 0 Å². The molecule has 0 saturated carbocycles. The molecule has 14 heavy (non-hydrogen) atoms. The molecule has 0 amide bonds. The van der Waals surface area contributed by atoms with Crippen LogP contribution in [0.1, 0.15) is 16.7 Å². The van der Waals surface area contributed by atoms with Gasteiger partial charge in [-0.25, -0.2) is 0 Å². The van der Waals surface area contributed by atoms with E-state index in [4.69, 9.17) is 0 Å². The molecule has 4 heteroatoms. The second-order valence-corrected chi connectivity index (χ2v) is 3.62. The second kappa shape index (κ2) is 2.49. The van der Waals surface area contributed by atoms with Gasteiger partial charge in [-0.1, -0.05) is 23.8 Å². The molecule has 0 spiro atoms. The molecular weight excluding hydrogens is 196 g/mol. The number of aryl methyl sites for hydroxylation is 1. The highest BCUT2D eigenvalue weighted by molar-refractivity contribution is 5.41. The summed E-state index contributed by atoms with van der Waals surface area (Å²) in [4.78, 5) is 0. The highest BCUT2D eigenvalue weighted by Crippen LogP contribution is 2.51. The first kappa shape index (κ1) is 9.49. The normalized spacial score (nSPS) is 22.1. The number of hydrogen-bond acceptors (Lipinski definition) is 0. The first-order chi connectivity index (χ1) is 6.34. The molecule has 1 aliphatic rings. The van der Waals surface area contributed by atoms with Crippen LogP contribution in [0.5, 0.6) is 0 Å². The van der Waals surface area contributed by atoms with Crippen LogP contribution < -0.4 is 0 Å². The highest BCUT2D eigenvalue weighted by atomic mass is 19.3. The molecule has 0 radical (unpaired) electrons. The predicted octanol–water partition coefficient (Wildman–Crippen LogP) is 3.28. The Kier molecular flexibility index (Phi) is 1.69. The number of hydrogen-bond donors (Lipinski definition) is 0. The summed E-state index contributed by atoms with van der Waals surface area (Å²) < 4.78 is 52.0. The molecule has 1 aromatic rings. The lowest BCUT2D eigenvalue weighted by atomic mass is 10.1. The van der Waals surface area contributed by atoms with Crippen LogP contribution in [0, 0.1) is 6.92 Å². The van der Waals surface area contributed by atoms with Gasteiger partial charge in [0.15, 0.2) is 0 Å². The van der Waals surface area contributed by atoms with Crippen molar-refractivity contribution in [3.63, 3.8) is 0 Å². The first-order valence-corrected chi connectivity index (χ1v) is 4.20. The Morgan fingerprint density at radius 2 is 1.79 bits per heavy atom. The van der Waals surface area contributed by atoms with Gasteiger partial charge in [0, 0.05) is 12.0 Å². The number of rotatable bonds is 0. The average Bonchev–Trinajstić information content (AvgIpc) is 2.18. The molecule has 0 bridgehead atoms. The van der Waals surface area contributed by atoms with Crippen molar-refractivity contribution in [2.75, 3.05) is 0 Å². The van der Waals surface area contributed by atoms with Crippen LogP contribution >= 0.6 is 0 Å². The summed E-state index contributed by atoms with van der Waals surface area (Å²) in [6.07, 6.45) is -0.864. The SMILES string of the molecule is Cc1ccc2c(c1)CC(F)(F)C2(F)F. The molecule has 0 heterocycles. The van der Waals surface area contributed by atoms with Gasteiger partial charge in [0.05, 0.1) is 0 Å². The van der Waals surface area contributed by atoms with Crippen LogP contribution in [0.3, 0.4) is 0 Å². The number of benzene rings is 1. The fourth-order valence-corrected chi connectivity index (χ4v) is 1.72.